The van der Waals surface area contributed by atoms with Gasteiger partial charge in [-0.1, -0.05) is 0 Å². The van der Waals surface area contributed by atoms with Crippen LogP contribution in [0.4, 0.5) is 0 Å². The molecule has 0 saturated carbocycles. The summed E-state index contributed by atoms with van der Waals surface area (Å²) in [6, 6.07) is 0. The summed E-state index contributed by atoms with van der Waals surface area (Å²) in [5.41, 5.74) is 0. The molecule has 0 aliphatic carbocycles. The van der Waals surface area contributed by atoms with Gasteiger partial charge in [0.15, 0.2) is 0 Å². The Labute approximate surface area is 135 Å². The third-order valence-electron chi connectivity index (χ3n) is 1.84. The largest absolute Gasteiger partial charge is 0.480 e. The van der Waals surface area contributed by atoms with Crippen molar-refractivity contribution in [3.8, 4) is 0 Å². The van der Waals surface area contributed by atoms with Gasteiger partial charge in [-0.25, -0.2) is 0 Å². The summed E-state index contributed by atoms with van der Waals surface area (Å²) in [4.78, 5) is 43.9. The molecule has 7 N–H and O–H groups in total. The molecule has 0 aromatic carbocycles. The Kier molecular flexibility index (Phi) is 14.0. The van der Waals surface area contributed by atoms with Gasteiger partial charge in [0.2, 0.25) is 0 Å². The van der Waals surface area contributed by atoms with Crippen molar-refractivity contribution >= 4 is 23.9 Å². The second kappa shape index (κ2) is 12.4. The van der Waals surface area contributed by atoms with Crippen molar-refractivity contribution in [2.75, 3.05) is 26.2 Å². The Morgan fingerprint density at radius 2 is 0.818 bits per heavy atom. The maximum absolute atomic E-state index is 10.5. The quantitative estimate of drug-likeness (QED) is 0.286. The first kappa shape index (κ1) is 24.7. The Hall–Kier alpha value is -2.30. The van der Waals surface area contributed by atoms with Gasteiger partial charge in [-0.3, -0.25) is 19.2 Å². The molecule has 0 unspecified atom stereocenters. The van der Waals surface area contributed by atoms with Crippen LogP contribution in [-0.4, -0.2) is 80.3 Å². The van der Waals surface area contributed by atoms with Crippen molar-refractivity contribution in [1.29, 1.82) is 0 Å². The Morgan fingerprint density at radius 3 is 0.955 bits per heavy atom. The molecule has 0 bridgehead atoms. The fourth-order valence-electron chi connectivity index (χ4n) is 1.21. The molecule has 22 heavy (non-hydrogen) atoms. The number of rotatable bonds is 10. The van der Waals surface area contributed by atoms with E-state index >= 15 is 0 Å². The van der Waals surface area contributed by atoms with Gasteiger partial charge in [0, 0.05) is 29.5 Å². The van der Waals surface area contributed by atoms with Crippen LogP contribution < -0.4 is 6.15 Å². The standard InChI is InChI=1S/C10H14N2O8.Fe.H3N/c13-7(14)3-11(4-8(15)16)1-2-12(5-9(17)18)6-10(19)20;;/h1-2H,3-6H2,(H,13,14)(H,15,16)(H,17,18)(H,19,20);;1H3. The van der Waals surface area contributed by atoms with E-state index in [0.717, 1.165) is 22.2 Å². The Morgan fingerprint density at radius 1 is 0.636 bits per heavy atom. The van der Waals surface area contributed by atoms with Gasteiger partial charge in [-0.2, -0.15) is 0 Å². The van der Waals surface area contributed by atoms with E-state index in [4.69, 9.17) is 20.4 Å². The van der Waals surface area contributed by atoms with Crippen LogP contribution >= 0.6 is 0 Å². The molecule has 0 radical (unpaired) electrons. The monoisotopic (exact) mass is 363 g/mol. The van der Waals surface area contributed by atoms with Crippen LogP contribution in [0.3, 0.4) is 0 Å². The number of hydrogen-bond donors (Lipinski definition) is 5. The van der Waals surface area contributed by atoms with Crippen molar-refractivity contribution in [3.63, 3.8) is 0 Å². The molecule has 0 atom stereocenters. The van der Waals surface area contributed by atoms with Crippen LogP contribution in [0, 0.1) is 0 Å². The molecule has 0 saturated heterocycles. The molecule has 0 aliphatic rings. The fraction of sp³-hybridized carbons (Fsp3) is 0.400. The smallest absolute Gasteiger partial charge is 0.323 e. The van der Waals surface area contributed by atoms with E-state index in [1.165, 1.54) is 0 Å². The summed E-state index contributed by atoms with van der Waals surface area (Å²) < 4.78 is 0. The van der Waals surface area contributed by atoms with E-state index in [2.05, 4.69) is 0 Å². The maximum Gasteiger partial charge on any atom is 0.323 e. The van der Waals surface area contributed by atoms with Gasteiger partial charge in [0.1, 0.15) is 26.2 Å². The summed E-state index contributed by atoms with van der Waals surface area (Å²) in [7, 11) is 0. The second-order valence-corrected chi connectivity index (χ2v) is 3.68. The molecule has 12 heteroatoms. The number of carboxylic acids is 4. The number of aliphatic carboxylic acids is 4. The van der Waals surface area contributed by atoms with Crippen LogP contribution in [0.2, 0.25) is 0 Å². The van der Waals surface area contributed by atoms with E-state index in [1.807, 2.05) is 0 Å². The van der Waals surface area contributed by atoms with Gasteiger partial charge < -0.3 is 36.4 Å². The van der Waals surface area contributed by atoms with Crippen molar-refractivity contribution in [1.82, 2.24) is 16.0 Å². The Bertz CT molecular complexity index is 358. The molecule has 0 aromatic heterocycles. The molecular formula is C10H17FeN3O8. The van der Waals surface area contributed by atoms with E-state index < -0.39 is 50.1 Å². The first-order valence-corrected chi connectivity index (χ1v) is 5.24. The molecule has 128 valence electrons. The predicted octanol–water partition coefficient (Wildman–Crippen LogP) is -1.44. The van der Waals surface area contributed by atoms with Gasteiger partial charge in [0.25, 0.3) is 0 Å². The van der Waals surface area contributed by atoms with E-state index in [0.29, 0.717) is 0 Å². The van der Waals surface area contributed by atoms with E-state index in [-0.39, 0.29) is 23.2 Å². The maximum atomic E-state index is 10.5. The molecule has 0 aliphatic heterocycles. The number of hydrogen-bond acceptors (Lipinski definition) is 7. The van der Waals surface area contributed by atoms with Crippen LogP contribution in [0.1, 0.15) is 0 Å². The topological polar surface area (TPSA) is 191 Å². The molecule has 0 amide bonds. The zero-order valence-corrected chi connectivity index (χ0v) is 12.5. The molecular weight excluding hydrogens is 346 g/mol. The zero-order valence-electron chi connectivity index (χ0n) is 11.4. The molecule has 0 heterocycles. The predicted molar refractivity (Wildman–Crippen MR) is 67.9 cm³/mol. The molecule has 11 nitrogen and oxygen atoms in total. The third kappa shape index (κ3) is 14.1. The molecule has 0 rings (SSSR count). The van der Waals surface area contributed by atoms with Gasteiger partial charge in [-0.05, 0) is 0 Å². The summed E-state index contributed by atoms with van der Waals surface area (Å²) in [6.07, 6.45) is 2.04. The van der Waals surface area contributed by atoms with Crippen molar-refractivity contribution in [3.05, 3.63) is 12.4 Å². The van der Waals surface area contributed by atoms with Gasteiger partial charge in [0.05, 0.1) is 0 Å². The van der Waals surface area contributed by atoms with Crippen molar-refractivity contribution in [2.24, 2.45) is 0 Å². The number of carbonyl (C=O) groups is 4. The average Bonchev–Trinajstić information content (AvgIpc) is 2.22. The number of nitrogens with zero attached hydrogens (tertiary/aromatic N) is 2. The Balaban J connectivity index is -0.00000180. The van der Waals surface area contributed by atoms with Gasteiger partial charge >= 0.3 is 23.9 Å². The van der Waals surface area contributed by atoms with E-state index in [9.17, 15) is 19.2 Å². The average molecular weight is 363 g/mol. The van der Waals surface area contributed by atoms with Crippen LogP contribution in [0.5, 0.6) is 0 Å². The van der Waals surface area contributed by atoms with Crippen LogP contribution in [0.15, 0.2) is 12.4 Å². The fourth-order valence-corrected chi connectivity index (χ4v) is 1.21. The first-order valence-electron chi connectivity index (χ1n) is 5.24. The van der Waals surface area contributed by atoms with Crippen LogP contribution in [-0.2, 0) is 36.2 Å². The SMILES string of the molecule is N.O=C(O)CN(C=CN(CC(=O)O)CC(=O)O)CC(=O)O.[Fe]. The summed E-state index contributed by atoms with van der Waals surface area (Å²) in [5.74, 6) is -5.12. The molecule has 0 spiro atoms. The molecule has 0 aromatic rings. The summed E-state index contributed by atoms with van der Waals surface area (Å²) in [5, 5.41) is 34.3. The second-order valence-electron chi connectivity index (χ2n) is 3.68. The molecule has 0 fully saturated rings. The first-order chi connectivity index (χ1) is 9.20. The zero-order chi connectivity index (χ0) is 15.7. The number of carboxylic acid groups (broad SMARTS) is 4. The normalized spacial score (nSPS) is 9.27. The van der Waals surface area contributed by atoms with Crippen LogP contribution in [0.25, 0.3) is 0 Å². The summed E-state index contributed by atoms with van der Waals surface area (Å²) in [6.45, 7) is -2.46. The van der Waals surface area contributed by atoms with Crippen molar-refractivity contribution < 1.29 is 56.7 Å². The minimum Gasteiger partial charge on any atom is -0.480 e. The minimum absolute atomic E-state index is 0. The van der Waals surface area contributed by atoms with Crippen molar-refractivity contribution in [2.45, 2.75) is 0 Å². The van der Waals surface area contributed by atoms with Gasteiger partial charge in [-0.15, -0.1) is 0 Å². The minimum atomic E-state index is -1.28. The summed E-state index contributed by atoms with van der Waals surface area (Å²) >= 11 is 0. The third-order valence-corrected chi connectivity index (χ3v) is 1.84. The van der Waals surface area contributed by atoms with E-state index in [1.54, 1.807) is 0 Å².